The van der Waals surface area contributed by atoms with Crippen LogP contribution in [-0.2, 0) is 4.79 Å². The molecule has 0 saturated heterocycles. The molecule has 0 radical (unpaired) electrons. The van der Waals surface area contributed by atoms with Crippen molar-refractivity contribution in [1.82, 2.24) is 0 Å². The molecule has 2 aromatic rings. The summed E-state index contributed by atoms with van der Waals surface area (Å²) in [6.07, 6.45) is 0.483. The van der Waals surface area contributed by atoms with E-state index in [2.05, 4.69) is 0 Å². The van der Waals surface area contributed by atoms with Crippen LogP contribution in [0.15, 0.2) is 48.5 Å². The highest BCUT2D eigenvalue weighted by Crippen LogP contribution is 2.39. The largest absolute Gasteiger partial charge is 0.485 e. The van der Waals surface area contributed by atoms with Gasteiger partial charge in [-0.2, -0.15) is 0 Å². The van der Waals surface area contributed by atoms with Crippen LogP contribution in [0.5, 0.6) is 5.75 Å². The van der Waals surface area contributed by atoms with Gasteiger partial charge < -0.3 is 9.64 Å². The molecule has 4 heteroatoms. The number of hydrogen-bond donors (Lipinski definition) is 0. The first-order valence-corrected chi connectivity index (χ1v) is 7.37. The van der Waals surface area contributed by atoms with Crippen LogP contribution < -0.4 is 9.64 Å². The van der Waals surface area contributed by atoms with E-state index in [1.165, 1.54) is 12.1 Å². The Labute approximate surface area is 129 Å². The quantitative estimate of drug-likeness (QED) is 0.836. The van der Waals surface area contributed by atoms with Crippen molar-refractivity contribution in [1.29, 1.82) is 0 Å². The third kappa shape index (κ3) is 2.69. The van der Waals surface area contributed by atoms with Crippen LogP contribution in [-0.4, -0.2) is 11.9 Å². The minimum Gasteiger partial charge on any atom is -0.485 e. The molecule has 3 rings (SSSR count). The second-order valence-electron chi connectivity index (χ2n) is 5.60. The van der Waals surface area contributed by atoms with Gasteiger partial charge in [-0.15, -0.1) is 0 Å². The van der Waals surface area contributed by atoms with Gasteiger partial charge in [-0.3, -0.25) is 4.79 Å². The fourth-order valence-electron chi connectivity index (χ4n) is 3.05. The number of nitrogens with zero attached hydrogens (tertiary/aromatic N) is 1. The lowest BCUT2D eigenvalue weighted by atomic mass is 9.93. The summed E-state index contributed by atoms with van der Waals surface area (Å²) in [5, 5.41) is 0. The summed E-state index contributed by atoms with van der Waals surface area (Å²) in [4.78, 5) is 13.7. The lowest BCUT2D eigenvalue weighted by molar-refractivity contribution is -0.117. The summed E-state index contributed by atoms with van der Waals surface area (Å²) in [5.74, 6) is 0.201. The molecule has 0 aliphatic carbocycles. The molecule has 1 amide bonds. The monoisotopic (exact) mass is 299 g/mol. The number of ether oxygens (including phenoxy) is 1. The summed E-state index contributed by atoms with van der Waals surface area (Å²) in [6.45, 7) is 3.57. The maximum atomic E-state index is 13.3. The number of rotatable bonds is 2. The van der Waals surface area contributed by atoms with E-state index in [1.54, 1.807) is 24.0 Å². The second kappa shape index (κ2) is 5.79. The van der Waals surface area contributed by atoms with Crippen LogP contribution in [0.3, 0.4) is 0 Å². The van der Waals surface area contributed by atoms with Gasteiger partial charge in [0.2, 0.25) is 5.91 Å². The molecule has 1 aliphatic heterocycles. The lowest BCUT2D eigenvalue weighted by Gasteiger charge is -2.38. The Bertz CT molecular complexity index is 701. The third-order valence-electron chi connectivity index (χ3n) is 3.95. The Kier molecular flexibility index (Phi) is 3.84. The normalized spacial score (nSPS) is 20.4. The first-order chi connectivity index (χ1) is 10.6. The van der Waals surface area contributed by atoms with Crippen molar-refractivity contribution in [2.45, 2.75) is 32.4 Å². The van der Waals surface area contributed by atoms with E-state index >= 15 is 0 Å². The third-order valence-corrected chi connectivity index (χ3v) is 3.95. The van der Waals surface area contributed by atoms with E-state index in [4.69, 9.17) is 4.74 Å². The fraction of sp³-hybridized carbons (Fsp3) is 0.278. The van der Waals surface area contributed by atoms with Gasteiger partial charge in [0.25, 0.3) is 0 Å². The van der Waals surface area contributed by atoms with Crippen LogP contribution in [0.4, 0.5) is 10.1 Å². The number of carbonyl (C=O) groups is 1. The van der Waals surface area contributed by atoms with Crippen molar-refractivity contribution in [2.75, 3.05) is 4.90 Å². The molecule has 3 nitrogen and oxygen atoms in total. The molecular weight excluding hydrogens is 281 g/mol. The molecule has 0 bridgehead atoms. The smallest absolute Gasteiger partial charge is 0.224 e. The molecular formula is C18H18FNO2. The Hall–Kier alpha value is -2.36. The van der Waals surface area contributed by atoms with Crippen molar-refractivity contribution in [3.63, 3.8) is 0 Å². The number of fused-ring (bicyclic) bond motifs is 1. The number of benzene rings is 2. The summed E-state index contributed by atoms with van der Waals surface area (Å²) in [5.41, 5.74) is 1.83. The van der Waals surface area contributed by atoms with Crippen LogP contribution in [0.1, 0.15) is 31.9 Å². The van der Waals surface area contributed by atoms with Crippen molar-refractivity contribution >= 4 is 11.6 Å². The highest BCUT2D eigenvalue weighted by atomic mass is 19.1. The SMILES string of the molecule is CC(=O)N1c2ccccc2C(Oc2cccc(F)c2)CC1C. The van der Waals surface area contributed by atoms with E-state index in [1.807, 2.05) is 31.2 Å². The van der Waals surface area contributed by atoms with Crippen LogP contribution in [0.25, 0.3) is 0 Å². The van der Waals surface area contributed by atoms with Gasteiger partial charge in [0.15, 0.2) is 0 Å². The molecule has 2 unspecified atom stereocenters. The average molecular weight is 299 g/mol. The van der Waals surface area contributed by atoms with E-state index in [0.717, 1.165) is 11.3 Å². The van der Waals surface area contributed by atoms with Crippen LogP contribution in [0, 0.1) is 5.82 Å². The highest BCUT2D eigenvalue weighted by Gasteiger charge is 2.33. The molecule has 114 valence electrons. The van der Waals surface area contributed by atoms with E-state index in [-0.39, 0.29) is 23.9 Å². The molecule has 0 aromatic heterocycles. The van der Waals surface area contributed by atoms with Gasteiger partial charge in [-0.05, 0) is 25.1 Å². The summed E-state index contributed by atoms with van der Waals surface area (Å²) >= 11 is 0. The maximum absolute atomic E-state index is 13.3. The Morgan fingerprint density at radius 2 is 2.00 bits per heavy atom. The van der Waals surface area contributed by atoms with Crippen LogP contribution in [0.2, 0.25) is 0 Å². The first kappa shape index (κ1) is 14.6. The summed E-state index contributed by atoms with van der Waals surface area (Å²) < 4.78 is 19.3. The van der Waals surface area contributed by atoms with E-state index in [0.29, 0.717) is 12.2 Å². The standard InChI is InChI=1S/C18H18FNO2/c1-12-10-18(22-15-7-5-6-14(19)11-15)16-8-3-4-9-17(16)20(12)13(2)21/h3-9,11-12,18H,10H2,1-2H3. The van der Waals surface area contributed by atoms with Gasteiger partial charge in [-0.25, -0.2) is 4.39 Å². The van der Waals surface area contributed by atoms with Crippen LogP contribution >= 0.6 is 0 Å². The fourth-order valence-corrected chi connectivity index (χ4v) is 3.05. The first-order valence-electron chi connectivity index (χ1n) is 7.37. The molecule has 1 heterocycles. The molecule has 0 spiro atoms. The highest BCUT2D eigenvalue weighted by molar-refractivity contribution is 5.93. The number of hydrogen-bond acceptors (Lipinski definition) is 2. The van der Waals surface area contributed by atoms with Crippen molar-refractivity contribution in [3.8, 4) is 5.75 Å². The summed E-state index contributed by atoms with van der Waals surface area (Å²) in [7, 11) is 0. The molecule has 0 saturated carbocycles. The number of halogens is 1. The van der Waals surface area contributed by atoms with E-state index in [9.17, 15) is 9.18 Å². The van der Waals surface area contributed by atoms with Crippen molar-refractivity contribution in [2.24, 2.45) is 0 Å². The molecule has 22 heavy (non-hydrogen) atoms. The number of amides is 1. The number of carbonyl (C=O) groups excluding carboxylic acids is 1. The van der Waals surface area contributed by atoms with Crippen molar-refractivity contribution < 1.29 is 13.9 Å². The molecule has 0 fully saturated rings. The predicted octanol–water partition coefficient (Wildman–Crippen LogP) is 4.09. The number of para-hydroxylation sites is 1. The molecule has 2 aromatic carbocycles. The topological polar surface area (TPSA) is 29.5 Å². The average Bonchev–Trinajstić information content (AvgIpc) is 2.47. The minimum absolute atomic E-state index is 0.0177. The van der Waals surface area contributed by atoms with Gasteiger partial charge in [-0.1, -0.05) is 24.3 Å². The number of anilines is 1. The Morgan fingerprint density at radius 3 is 2.73 bits per heavy atom. The zero-order valence-corrected chi connectivity index (χ0v) is 12.6. The van der Waals surface area contributed by atoms with Gasteiger partial charge in [0, 0.05) is 31.0 Å². The summed E-state index contributed by atoms with van der Waals surface area (Å²) in [6, 6.07) is 13.9. The Balaban J connectivity index is 1.96. The molecule has 2 atom stereocenters. The molecule has 1 aliphatic rings. The van der Waals surface area contributed by atoms with Gasteiger partial charge in [0.05, 0.1) is 5.69 Å². The maximum Gasteiger partial charge on any atom is 0.224 e. The minimum atomic E-state index is -0.319. The predicted molar refractivity (Wildman–Crippen MR) is 83.5 cm³/mol. The van der Waals surface area contributed by atoms with Crippen molar-refractivity contribution in [3.05, 3.63) is 59.9 Å². The zero-order valence-electron chi connectivity index (χ0n) is 12.6. The Morgan fingerprint density at radius 1 is 1.23 bits per heavy atom. The lowest BCUT2D eigenvalue weighted by Crippen LogP contribution is -2.42. The van der Waals surface area contributed by atoms with E-state index < -0.39 is 0 Å². The van der Waals surface area contributed by atoms with Gasteiger partial charge >= 0.3 is 0 Å². The molecule has 0 N–H and O–H groups in total. The zero-order chi connectivity index (χ0) is 15.7. The second-order valence-corrected chi connectivity index (χ2v) is 5.60. The van der Waals surface area contributed by atoms with Gasteiger partial charge in [0.1, 0.15) is 17.7 Å².